The normalized spacial score (nSPS) is 16.4. The van der Waals surface area contributed by atoms with Crippen molar-refractivity contribution >= 4 is 40.2 Å². The summed E-state index contributed by atoms with van der Waals surface area (Å²) in [7, 11) is 0. The predicted octanol–water partition coefficient (Wildman–Crippen LogP) is 5.67. The van der Waals surface area contributed by atoms with Crippen LogP contribution in [-0.2, 0) is 9.59 Å². The lowest BCUT2D eigenvalue weighted by atomic mass is 9.95. The van der Waals surface area contributed by atoms with Crippen molar-refractivity contribution in [3.8, 4) is 5.75 Å². The second-order valence-electron chi connectivity index (χ2n) is 8.60. The Morgan fingerprint density at radius 2 is 1.42 bits per heavy atom. The predicted molar refractivity (Wildman–Crippen MR) is 142 cm³/mol. The molecule has 0 spiro atoms. The number of anilines is 3. The van der Waals surface area contributed by atoms with Crippen molar-refractivity contribution in [2.75, 3.05) is 10.2 Å². The van der Waals surface area contributed by atoms with Crippen LogP contribution in [0.4, 0.5) is 22.7 Å². The van der Waals surface area contributed by atoms with Crippen molar-refractivity contribution in [2.24, 2.45) is 0 Å². The standard InChI is InChI=1S/C29H21N3O6/c33-24-16-8-18(9-17-24)26-25(27(34)19-6-12-23(13-7-19)32(37)38)28(35)29(36)31(26)22-14-10-21(11-15-22)30-20-4-2-1-3-5-20/h1-17,26,30,33-34H/b27-25-. The Bertz CT molecular complexity index is 1550. The number of para-hydroxylation sites is 1. The monoisotopic (exact) mass is 507 g/mol. The Balaban J connectivity index is 1.58. The molecule has 1 amide bonds. The van der Waals surface area contributed by atoms with Crippen LogP contribution in [0.5, 0.6) is 5.75 Å². The largest absolute Gasteiger partial charge is 0.508 e. The van der Waals surface area contributed by atoms with Gasteiger partial charge in [-0.3, -0.25) is 24.6 Å². The number of hydrogen-bond donors (Lipinski definition) is 3. The first-order chi connectivity index (χ1) is 18.3. The van der Waals surface area contributed by atoms with E-state index in [1.54, 1.807) is 36.4 Å². The molecule has 1 saturated heterocycles. The molecule has 1 aliphatic heterocycles. The van der Waals surface area contributed by atoms with E-state index in [0.29, 0.717) is 11.3 Å². The molecule has 1 heterocycles. The van der Waals surface area contributed by atoms with E-state index in [1.807, 2.05) is 30.3 Å². The van der Waals surface area contributed by atoms with Gasteiger partial charge in [-0.25, -0.2) is 0 Å². The fourth-order valence-corrected chi connectivity index (χ4v) is 4.36. The number of hydrogen-bond acceptors (Lipinski definition) is 7. The molecule has 4 aromatic carbocycles. The first-order valence-corrected chi connectivity index (χ1v) is 11.6. The van der Waals surface area contributed by atoms with E-state index in [9.17, 15) is 29.9 Å². The van der Waals surface area contributed by atoms with Crippen LogP contribution in [0.15, 0.2) is 109 Å². The van der Waals surface area contributed by atoms with Gasteiger partial charge in [0.15, 0.2) is 0 Å². The molecule has 4 aromatic rings. The number of ketones is 1. The number of nitro benzene ring substituents is 1. The summed E-state index contributed by atoms with van der Waals surface area (Å²) in [6.45, 7) is 0. The van der Waals surface area contributed by atoms with Crippen molar-refractivity contribution in [3.05, 3.63) is 130 Å². The van der Waals surface area contributed by atoms with Gasteiger partial charge in [-0.2, -0.15) is 0 Å². The quantitative estimate of drug-likeness (QED) is 0.101. The second kappa shape index (κ2) is 9.90. The third-order valence-corrected chi connectivity index (χ3v) is 6.21. The molecule has 0 radical (unpaired) electrons. The Morgan fingerprint density at radius 3 is 2.03 bits per heavy atom. The van der Waals surface area contributed by atoms with Gasteiger partial charge in [0, 0.05) is 34.8 Å². The van der Waals surface area contributed by atoms with Crippen LogP contribution in [0.3, 0.4) is 0 Å². The minimum atomic E-state index is -1.00. The summed E-state index contributed by atoms with van der Waals surface area (Å²) in [4.78, 5) is 38.3. The fourth-order valence-electron chi connectivity index (χ4n) is 4.36. The average molecular weight is 508 g/mol. The summed E-state index contributed by atoms with van der Waals surface area (Å²) in [5.74, 6) is -2.20. The molecule has 1 fully saturated rings. The maximum atomic E-state index is 13.3. The van der Waals surface area contributed by atoms with Gasteiger partial charge < -0.3 is 15.5 Å². The highest BCUT2D eigenvalue weighted by atomic mass is 16.6. The molecule has 9 heteroatoms. The third kappa shape index (κ3) is 4.56. The number of aliphatic hydroxyl groups excluding tert-OH is 1. The Hall–Kier alpha value is -5.44. The van der Waals surface area contributed by atoms with Crippen molar-refractivity contribution in [3.63, 3.8) is 0 Å². The average Bonchev–Trinajstić information content (AvgIpc) is 3.20. The number of nitrogens with one attached hydrogen (secondary N) is 1. The molecule has 1 aliphatic rings. The number of nitro groups is 1. The summed E-state index contributed by atoms with van der Waals surface area (Å²) in [6.07, 6.45) is 0. The minimum Gasteiger partial charge on any atom is -0.508 e. The zero-order valence-electron chi connectivity index (χ0n) is 19.8. The van der Waals surface area contributed by atoms with E-state index in [4.69, 9.17) is 0 Å². The van der Waals surface area contributed by atoms with Gasteiger partial charge in [-0.05, 0) is 66.2 Å². The van der Waals surface area contributed by atoms with E-state index in [2.05, 4.69) is 5.32 Å². The van der Waals surface area contributed by atoms with Gasteiger partial charge >= 0.3 is 0 Å². The topological polar surface area (TPSA) is 133 Å². The van der Waals surface area contributed by atoms with Gasteiger partial charge in [0.05, 0.1) is 16.5 Å². The van der Waals surface area contributed by atoms with Gasteiger partial charge in [0.25, 0.3) is 17.4 Å². The Morgan fingerprint density at radius 1 is 0.816 bits per heavy atom. The number of carbonyl (C=O) groups excluding carboxylic acids is 2. The van der Waals surface area contributed by atoms with Crippen LogP contribution in [0.2, 0.25) is 0 Å². The van der Waals surface area contributed by atoms with E-state index in [-0.39, 0.29) is 22.6 Å². The minimum absolute atomic E-state index is 0.00240. The number of carbonyl (C=O) groups is 2. The zero-order valence-corrected chi connectivity index (χ0v) is 19.8. The van der Waals surface area contributed by atoms with Gasteiger partial charge in [-0.15, -0.1) is 0 Å². The van der Waals surface area contributed by atoms with E-state index in [0.717, 1.165) is 11.4 Å². The summed E-state index contributed by atoms with van der Waals surface area (Å²) >= 11 is 0. The lowest BCUT2D eigenvalue weighted by Gasteiger charge is -2.25. The number of nitrogens with zero attached hydrogens (tertiary/aromatic N) is 2. The van der Waals surface area contributed by atoms with E-state index >= 15 is 0 Å². The third-order valence-electron chi connectivity index (χ3n) is 6.21. The number of benzene rings is 4. The lowest BCUT2D eigenvalue weighted by Crippen LogP contribution is -2.29. The number of phenols is 1. The number of non-ortho nitro benzene ring substituents is 1. The molecular formula is C29H21N3O6. The molecule has 9 nitrogen and oxygen atoms in total. The van der Waals surface area contributed by atoms with Crippen LogP contribution in [0, 0.1) is 10.1 Å². The highest BCUT2D eigenvalue weighted by Crippen LogP contribution is 2.42. The number of Topliss-reactive ketones (excluding diaryl/α,β-unsaturated/α-hetero) is 1. The molecule has 188 valence electrons. The van der Waals surface area contributed by atoms with Crippen molar-refractivity contribution in [1.29, 1.82) is 0 Å². The van der Waals surface area contributed by atoms with Crippen molar-refractivity contribution in [2.45, 2.75) is 6.04 Å². The smallest absolute Gasteiger partial charge is 0.300 e. The van der Waals surface area contributed by atoms with Crippen LogP contribution < -0.4 is 10.2 Å². The number of amides is 1. The van der Waals surface area contributed by atoms with Gasteiger partial charge in [0.1, 0.15) is 11.5 Å². The summed E-state index contributed by atoms with van der Waals surface area (Å²) < 4.78 is 0. The van der Waals surface area contributed by atoms with Gasteiger partial charge in [-0.1, -0.05) is 30.3 Å². The molecule has 5 rings (SSSR count). The van der Waals surface area contributed by atoms with Crippen LogP contribution in [0.1, 0.15) is 17.2 Å². The first kappa shape index (κ1) is 24.3. The summed E-state index contributed by atoms with van der Waals surface area (Å²) in [6, 6.07) is 26.5. The van der Waals surface area contributed by atoms with Crippen LogP contribution in [0.25, 0.3) is 5.76 Å². The van der Waals surface area contributed by atoms with Crippen molar-refractivity contribution in [1.82, 2.24) is 0 Å². The van der Waals surface area contributed by atoms with Crippen molar-refractivity contribution < 1.29 is 24.7 Å². The number of aromatic hydroxyl groups is 1. The molecule has 3 N–H and O–H groups in total. The zero-order chi connectivity index (χ0) is 26.8. The van der Waals surface area contributed by atoms with E-state index in [1.165, 1.54) is 41.3 Å². The number of phenolic OH excluding ortho intramolecular Hbond substituents is 1. The molecular weight excluding hydrogens is 486 g/mol. The molecule has 0 aliphatic carbocycles. The Kier molecular flexibility index (Phi) is 6.32. The Labute approximate surface area is 217 Å². The summed E-state index contributed by atoms with van der Waals surface area (Å²) in [5, 5.41) is 35.2. The lowest BCUT2D eigenvalue weighted by molar-refractivity contribution is -0.384. The molecule has 38 heavy (non-hydrogen) atoms. The molecule has 0 saturated carbocycles. The SMILES string of the molecule is O=C1C(=O)N(c2ccc(Nc3ccccc3)cc2)C(c2ccc(O)cc2)/C1=C(/O)c1ccc([N+](=O)[O-])cc1. The summed E-state index contributed by atoms with van der Waals surface area (Å²) in [5.41, 5.74) is 2.36. The highest BCUT2D eigenvalue weighted by molar-refractivity contribution is 6.51. The number of aliphatic hydroxyl groups is 1. The molecule has 1 atom stereocenters. The fraction of sp³-hybridized carbons (Fsp3) is 0.0345. The molecule has 0 aromatic heterocycles. The highest BCUT2D eigenvalue weighted by Gasteiger charge is 2.47. The maximum absolute atomic E-state index is 13.3. The van der Waals surface area contributed by atoms with Gasteiger partial charge in [0.2, 0.25) is 0 Å². The van der Waals surface area contributed by atoms with E-state index < -0.39 is 28.4 Å². The number of rotatable bonds is 6. The first-order valence-electron chi connectivity index (χ1n) is 11.6. The van der Waals surface area contributed by atoms with Crippen LogP contribution >= 0.6 is 0 Å². The maximum Gasteiger partial charge on any atom is 0.300 e. The second-order valence-corrected chi connectivity index (χ2v) is 8.60. The molecule has 0 bridgehead atoms. The van der Waals surface area contributed by atoms with Crippen LogP contribution in [-0.4, -0.2) is 26.8 Å². The molecule has 1 unspecified atom stereocenters.